The molecule has 2 aromatic carbocycles. The van der Waals surface area contributed by atoms with Crippen LogP contribution >= 0.6 is 11.3 Å². The van der Waals surface area contributed by atoms with E-state index in [0.29, 0.717) is 0 Å². The highest BCUT2D eigenvalue weighted by Crippen LogP contribution is 2.25. The third-order valence-electron chi connectivity index (χ3n) is 3.31. The summed E-state index contributed by atoms with van der Waals surface area (Å²) in [5.74, 6) is -0.0632. The van der Waals surface area contributed by atoms with Crippen molar-refractivity contribution in [2.75, 3.05) is 10.6 Å². The molecule has 0 bridgehead atoms. The Morgan fingerprint density at radius 1 is 1.14 bits per heavy atom. The number of nitrogens with zero attached hydrogens (tertiary/aromatic N) is 1. The van der Waals surface area contributed by atoms with Crippen LogP contribution in [0.2, 0.25) is 0 Å². The molecule has 1 unspecified atom stereocenters. The lowest BCUT2D eigenvalue weighted by atomic mass is 10.2. The maximum Gasteiger partial charge on any atom is 0.246 e. The van der Waals surface area contributed by atoms with Crippen LogP contribution in [-0.2, 0) is 4.79 Å². The maximum atomic E-state index is 12.2. The largest absolute Gasteiger partial charge is 0.374 e. The van der Waals surface area contributed by atoms with E-state index < -0.39 is 0 Å². The molecule has 0 saturated carbocycles. The summed E-state index contributed by atoms with van der Waals surface area (Å²) in [5.41, 5.74) is 2.72. The van der Waals surface area contributed by atoms with Crippen molar-refractivity contribution in [3.8, 4) is 0 Å². The topological polar surface area (TPSA) is 54.0 Å². The minimum absolute atomic E-state index is 0.0632. The lowest BCUT2D eigenvalue weighted by molar-refractivity contribution is -0.116. The van der Waals surface area contributed by atoms with Crippen LogP contribution in [0, 0.1) is 6.92 Å². The van der Waals surface area contributed by atoms with Crippen LogP contribution in [0.5, 0.6) is 0 Å². The second-order valence-electron chi connectivity index (χ2n) is 5.14. The normalized spacial score (nSPS) is 12.1. The lowest BCUT2D eigenvalue weighted by Crippen LogP contribution is -2.31. The molecule has 3 aromatic rings. The number of nitrogens with one attached hydrogen (secondary N) is 2. The molecule has 1 atom stereocenters. The molecule has 1 amide bonds. The Hall–Kier alpha value is -2.40. The second-order valence-corrected chi connectivity index (χ2v) is 6.37. The smallest absolute Gasteiger partial charge is 0.246 e. The average Bonchev–Trinajstić information content (AvgIpc) is 2.87. The predicted molar refractivity (Wildman–Crippen MR) is 92.5 cm³/mol. The first-order valence-electron chi connectivity index (χ1n) is 7.11. The van der Waals surface area contributed by atoms with Gasteiger partial charge in [-0.05, 0) is 44.2 Å². The molecule has 1 aromatic heterocycles. The molecule has 5 heteroatoms. The first-order valence-corrected chi connectivity index (χ1v) is 7.93. The minimum Gasteiger partial charge on any atom is -0.374 e. The van der Waals surface area contributed by atoms with Crippen LogP contribution in [0.15, 0.2) is 48.5 Å². The number of thiazole rings is 1. The molecular formula is C17H17N3OS. The van der Waals surface area contributed by atoms with Gasteiger partial charge in [-0.15, -0.1) is 11.3 Å². The molecule has 0 saturated heterocycles. The van der Waals surface area contributed by atoms with E-state index in [1.165, 1.54) is 0 Å². The van der Waals surface area contributed by atoms with E-state index in [1.54, 1.807) is 11.3 Å². The Balaban J connectivity index is 1.69. The molecule has 0 aliphatic carbocycles. The zero-order valence-electron chi connectivity index (χ0n) is 12.5. The molecule has 0 spiro atoms. The number of benzene rings is 2. The van der Waals surface area contributed by atoms with Gasteiger partial charge in [-0.2, -0.15) is 0 Å². The number of aromatic nitrogens is 1. The quantitative estimate of drug-likeness (QED) is 0.764. The Labute approximate surface area is 133 Å². The molecule has 22 heavy (non-hydrogen) atoms. The third kappa shape index (κ3) is 3.26. The van der Waals surface area contributed by atoms with Gasteiger partial charge >= 0.3 is 0 Å². The first kappa shape index (κ1) is 14.5. The number of amides is 1. The average molecular weight is 311 g/mol. The summed E-state index contributed by atoms with van der Waals surface area (Å²) >= 11 is 1.65. The van der Waals surface area contributed by atoms with Crippen LogP contribution < -0.4 is 10.6 Å². The molecule has 3 rings (SSSR count). The number of para-hydroxylation sites is 1. The van der Waals surface area contributed by atoms with Crippen LogP contribution in [-0.4, -0.2) is 16.9 Å². The van der Waals surface area contributed by atoms with Gasteiger partial charge in [0.25, 0.3) is 0 Å². The molecule has 4 nitrogen and oxygen atoms in total. The summed E-state index contributed by atoms with van der Waals surface area (Å²) in [5, 5.41) is 7.17. The fourth-order valence-electron chi connectivity index (χ4n) is 2.22. The van der Waals surface area contributed by atoms with E-state index in [2.05, 4.69) is 15.6 Å². The number of hydrogen-bond acceptors (Lipinski definition) is 4. The Morgan fingerprint density at radius 2 is 1.91 bits per heavy atom. The zero-order chi connectivity index (χ0) is 15.5. The van der Waals surface area contributed by atoms with Gasteiger partial charge in [0.1, 0.15) is 6.04 Å². The monoisotopic (exact) mass is 311 g/mol. The first-order chi connectivity index (χ1) is 10.6. The van der Waals surface area contributed by atoms with Gasteiger partial charge in [0.15, 0.2) is 0 Å². The number of rotatable bonds is 4. The molecule has 0 aliphatic heterocycles. The van der Waals surface area contributed by atoms with Crippen molar-refractivity contribution in [3.05, 3.63) is 53.5 Å². The minimum atomic E-state index is -0.327. The van der Waals surface area contributed by atoms with Crippen LogP contribution in [0.1, 0.15) is 11.9 Å². The molecule has 112 valence electrons. The van der Waals surface area contributed by atoms with E-state index in [9.17, 15) is 4.79 Å². The summed E-state index contributed by atoms with van der Waals surface area (Å²) in [6, 6.07) is 15.1. The number of anilines is 2. The fraction of sp³-hybridized carbons (Fsp3) is 0.176. The highest BCUT2D eigenvalue weighted by molar-refractivity contribution is 7.18. The lowest BCUT2D eigenvalue weighted by Gasteiger charge is -2.15. The zero-order valence-corrected chi connectivity index (χ0v) is 13.3. The molecule has 2 N–H and O–H groups in total. The Kier molecular flexibility index (Phi) is 4.06. The van der Waals surface area contributed by atoms with E-state index in [0.717, 1.165) is 26.6 Å². The maximum absolute atomic E-state index is 12.2. The molecule has 1 heterocycles. The Bertz CT molecular complexity index is 798. The summed E-state index contributed by atoms with van der Waals surface area (Å²) in [6.07, 6.45) is 0. The molecule has 0 fully saturated rings. The third-order valence-corrected chi connectivity index (χ3v) is 4.25. The summed E-state index contributed by atoms with van der Waals surface area (Å²) < 4.78 is 1.12. The predicted octanol–water partition coefficient (Wildman–Crippen LogP) is 4.04. The van der Waals surface area contributed by atoms with Crippen molar-refractivity contribution >= 4 is 38.8 Å². The number of hydrogen-bond donors (Lipinski definition) is 2. The van der Waals surface area contributed by atoms with E-state index in [4.69, 9.17) is 0 Å². The van der Waals surface area contributed by atoms with Gasteiger partial charge in [0.05, 0.1) is 15.2 Å². The van der Waals surface area contributed by atoms with Crippen molar-refractivity contribution in [2.24, 2.45) is 0 Å². The summed E-state index contributed by atoms with van der Waals surface area (Å²) in [7, 11) is 0. The van der Waals surface area contributed by atoms with Crippen molar-refractivity contribution in [1.82, 2.24) is 4.98 Å². The van der Waals surface area contributed by atoms with Gasteiger partial charge in [0, 0.05) is 11.4 Å². The Morgan fingerprint density at radius 3 is 2.68 bits per heavy atom. The summed E-state index contributed by atoms with van der Waals surface area (Å²) in [4.78, 5) is 16.6. The van der Waals surface area contributed by atoms with Gasteiger partial charge in [-0.1, -0.05) is 18.2 Å². The molecular weight excluding hydrogens is 294 g/mol. The molecule has 0 radical (unpaired) electrons. The van der Waals surface area contributed by atoms with Crippen LogP contribution in [0.25, 0.3) is 10.2 Å². The van der Waals surface area contributed by atoms with Crippen molar-refractivity contribution in [1.29, 1.82) is 0 Å². The van der Waals surface area contributed by atoms with E-state index in [-0.39, 0.29) is 11.9 Å². The number of aryl methyl sites for hydroxylation is 1. The highest BCUT2D eigenvalue weighted by Gasteiger charge is 2.13. The standard InChI is InChI=1S/C17H17N3OS/c1-11(17(21)20-13-6-4-3-5-7-13)18-14-8-9-15-16(10-14)22-12(2)19-15/h3-11,18H,1-2H3,(H,20,21). The van der Waals surface area contributed by atoms with Crippen molar-refractivity contribution in [2.45, 2.75) is 19.9 Å². The van der Waals surface area contributed by atoms with Gasteiger partial charge in [0.2, 0.25) is 5.91 Å². The fourth-order valence-corrected chi connectivity index (χ4v) is 3.08. The van der Waals surface area contributed by atoms with Gasteiger partial charge < -0.3 is 10.6 Å². The summed E-state index contributed by atoms with van der Waals surface area (Å²) in [6.45, 7) is 3.84. The number of fused-ring (bicyclic) bond motifs is 1. The van der Waals surface area contributed by atoms with E-state index in [1.807, 2.05) is 62.4 Å². The van der Waals surface area contributed by atoms with Crippen LogP contribution in [0.3, 0.4) is 0 Å². The highest BCUT2D eigenvalue weighted by atomic mass is 32.1. The van der Waals surface area contributed by atoms with Crippen LogP contribution in [0.4, 0.5) is 11.4 Å². The number of carbonyl (C=O) groups is 1. The van der Waals surface area contributed by atoms with Gasteiger partial charge in [-0.25, -0.2) is 4.98 Å². The SMILES string of the molecule is Cc1nc2ccc(NC(C)C(=O)Nc3ccccc3)cc2s1. The van der Waals surface area contributed by atoms with Crippen molar-refractivity contribution < 1.29 is 4.79 Å². The van der Waals surface area contributed by atoms with Crippen molar-refractivity contribution in [3.63, 3.8) is 0 Å². The van der Waals surface area contributed by atoms with E-state index >= 15 is 0 Å². The molecule has 0 aliphatic rings. The van der Waals surface area contributed by atoms with Gasteiger partial charge in [-0.3, -0.25) is 4.79 Å². The second kappa shape index (κ2) is 6.15. The number of carbonyl (C=O) groups excluding carboxylic acids is 1.